The Hall–Kier alpha value is -2.33. The lowest BCUT2D eigenvalue weighted by atomic mass is 9.87. The second kappa shape index (κ2) is 6.44. The first kappa shape index (κ1) is 17.1. The molecule has 1 fully saturated rings. The van der Waals surface area contributed by atoms with Crippen LogP contribution in [-0.2, 0) is 23.5 Å². The molecule has 26 heavy (non-hydrogen) atoms. The van der Waals surface area contributed by atoms with Crippen LogP contribution in [0, 0.1) is 0 Å². The molecule has 10 heteroatoms. The molecule has 0 aliphatic carbocycles. The molecule has 0 bridgehead atoms. The van der Waals surface area contributed by atoms with Gasteiger partial charge < -0.3 is 4.57 Å². The lowest BCUT2D eigenvalue weighted by Crippen LogP contribution is -2.39. The number of pyridine rings is 1. The van der Waals surface area contributed by atoms with Crippen molar-refractivity contribution in [2.75, 3.05) is 13.1 Å². The largest absolute Gasteiger partial charge is 0.306 e. The first-order valence-electron chi connectivity index (χ1n) is 8.67. The van der Waals surface area contributed by atoms with Gasteiger partial charge in [-0.3, -0.25) is 0 Å². The Balaban J connectivity index is 1.56. The summed E-state index contributed by atoms with van der Waals surface area (Å²) in [5.41, 5.74) is 3.33. The molecule has 0 N–H and O–H groups in total. The number of hydrogen-bond donors (Lipinski definition) is 0. The van der Waals surface area contributed by atoms with E-state index in [1.165, 1.54) is 26.3 Å². The van der Waals surface area contributed by atoms with Gasteiger partial charge in [-0.2, -0.15) is 9.40 Å². The minimum Gasteiger partial charge on any atom is -0.306 e. The molecule has 0 amide bonds. The Labute approximate surface area is 151 Å². The smallest absolute Gasteiger partial charge is 0.278 e. The van der Waals surface area contributed by atoms with Gasteiger partial charge in [0.05, 0.1) is 0 Å². The lowest BCUT2D eigenvalue weighted by molar-refractivity contribution is 0.315. The van der Waals surface area contributed by atoms with E-state index in [1.54, 1.807) is 17.9 Å². The fraction of sp³-hybridized carbons (Fsp3) is 0.500. The van der Waals surface area contributed by atoms with Crippen molar-refractivity contribution in [2.24, 2.45) is 7.05 Å². The van der Waals surface area contributed by atoms with Crippen LogP contribution in [0.25, 0.3) is 5.65 Å². The maximum Gasteiger partial charge on any atom is 0.278 e. The summed E-state index contributed by atoms with van der Waals surface area (Å²) in [7, 11) is -1.96. The number of aromatic nitrogens is 6. The van der Waals surface area contributed by atoms with Gasteiger partial charge in [0.2, 0.25) is 0 Å². The molecule has 0 saturated carbocycles. The molecule has 9 nitrogen and oxygen atoms in total. The molecular weight excluding hydrogens is 354 g/mol. The topological polar surface area (TPSA) is 98.3 Å². The zero-order valence-corrected chi connectivity index (χ0v) is 15.6. The molecule has 4 rings (SSSR count). The van der Waals surface area contributed by atoms with Gasteiger partial charge in [0.25, 0.3) is 15.2 Å². The van der Waals surface area contributed by atoms with E-state index in [4.69, 9.17) is 0 Å². The predicted molar refractivity (Wildman–Crippen MR) is 94.1 cm³/mol. The van der Waals surface area contributed by atoms with Gasteiger partial charge in [-0.25, -0.2) is 17.9 Å². The molecular formula is C16H21N7O2S. The summed E-state index contributed by atoms with van der Waals surface area (Å²) in [6.07, 6.45) is 7.44. The summed E-state index contributed by atoms with van der Waals surface area (Å²) in [6, 6.07) is 2.07. The molecule has 4 heterocycles. The zero-order valence-electron chi connectivity index (χ0n) is 14.8. The van der Waals surface area contributed by atoms with Gasteiger partial charge in [0, 0.05) is 26.3 Å². The van der Waals surface area contributed by atoms with Gasteiger partial charge in [0.15, 0.2) is 5.65 Å². The highest BCUT2D eigenvalue weighted by atomic mass is 32.2. The molecule has 0 atom stereocenters. The van der Waals surface area contributed by atoms with Crippen LogP contribution >= 0.6 is 0 Å². The Bertz CT molecular complexity index is 1030. The highest BCUT2D eigenvalue weighted by molar-refractivity contribution is 7.89. The molecule has 1 aliphatic heterocycles. The molecule has 1 saturated heterocycles. The molecule has 0 radical (unpaired) electrons. The van der Waals surface area contributed by atoms with E-state index in [1.807, 2.05) is 6.20 Å². The summed E-state index contributed by atoms with van der Waals surface area (Å²) < 4.78 is 30.2. The number of sulfonamides is 1. The van der Waals surface area contributed by atoms with Crippen LogP contribution in [0.15, 0.2) is 30.1 Å². The number of piperidine rings is 1. The van der Waals surface area contributed by atoms with Crippen LogP contribution in [0.5, 0.6) is 0 Å². The number of fused-ring (bicyclic) bond motifs is 1. The van der Waals surface area contributed by atoms with Crippen molar-refractivity contribution in [3.63, 3.8) is 0 Å². The number of hydrogen-bond acceptors (Lipinski definition) is 6. The van der Waals surface area contributed by atoms with Crippen molar-refractivity contribution in [1.82, 2.24) is 33.7 Å². The zero-order chi connectivity index (χ0) is 18.3. The molecule has 1 aliphatic rings. The normalized spacial score (nSPS) is 17.2. The Morgan fingerprint density at radius 2 is 2.04 bits per heavy atom. The highest BCUT2D eigenvalue weighted by Crippen LogP contribution is 2.32. The minimum absolute atomic E-state index is 0.00534. The minimum atomic E-state index is -3.60. The molecule has 0 unspecified atom stereocenters. The van der Waals surface area contributed by atoms with Crippen LogP contribution in [0.2, 0.25) is 0 Å². The summed E-state index contributed by atoms with van der Waals surface area (Å²) in [4.78, 5) is 4.24. The van der Waals surface area contributed by atoms with Gasteiger partial charge in [-0.1, -0.05) is 6.92 Å². The lowest BCUT2D eigenvalue weighted by Gasteiger charge is -2.31. The first-order chi connectivity index (χ1) is 12.5. The van der Waals surface area contributed by atoms with Gasteiger partial charge >= 0.3 is 0 Å². The molecule has 3 aromatic rings. The maximum absolute atomic E-state index is 12.8. The summed E-state index contributed by atoms with van der Waals surface area (Å²) in [5.74, 6) is 0.310. The van der Waals surface area contributed by atoms with E-state index in [9.17, 15) is 8.42 Å². The molecule has 0 spiro atoms. The fourth-order valence-electron chi connectivity index (χ4n) is 3.62. The van der Waals surface area contributed by atoms with E-state index < -0.39 is 10.0 Å². The van der Waals surface area contributed by atoms with Gasteiger partial charge in [0.1, 0.15) is 12.7 Å². The van der Waals surface area contributed by atoms with Crippen LogP contribution in [0.3, 0.4) is 0 Å². The third kappa shape index (κ3) is 2.78. The average molecular weight is 375 g/mol. The van der Waals surface area contributed by atoms with E-state index in [-0.39, 0.29) is 5.16 Å². The quantitative estimate of drug-likeness (QED) is 0.674. The monoisotopic (exact) mass is 375 g/mol. The van der Waals surface area contributed by atoms with Crippen molar-refractivity contribution in [1.29, 1.82) is 0 Å². The van der Waals surface area contributed by atoms with E-state index in [2.05, 4.69) is 33.3 Å². The Morgan fingerprint density at radius 3 is 2.69 bits per heavy atom. The van der Waals surface area contributed by atoms with Crippen molar-refractivity contribution in [3.05, 3.63) is 36.0 Å². The number of aryl methyl sites for hydroxylation is 2. The predicted octanol–water partition coefficient (Wildman–Crippen LogP) is 0.988. The summed E-state index contributed by atoms with van der Waals surface area (Å²) >= 11 is 0. The third-order valence-electron chi connectivity index (χ3n) is 5.05. The van der Waals surface area contributed by atoms with Crippen LogP contribution in [0.4, 0.5) is 0 Å². The molecule has 138 valence electrons. The van der Waals surface area contributed by atoms with E-state index in [0.717, 1.165) is 24.9 Å². The molecule has 3 aromatic heterocycles. The Kier molecular flexibility index (Phi) is 4.23. The van der Waals surface area contributed by atoms with Crippen molar-refractivity contribution >= 4 is 15.7 Å². The van der Waals surface area contributed by atoms with E-state index >= 15 is 0 Å². The Morgan fingerprint density at radius 1 is 1.27 bits per heavy atom. The summed E-state index contributed by atoms with van der Waals surface area (Å²) in [5, 5.41) is 11.7. The van der Waals surface area contributed by atoms with Crippen LogP contribution in [-0.4, -0.2) is 55.2 Å². The molecule has 0 aromatic carbocycles. The second-order valence-corrected chi connectivity index (χ2v) is 8.40. The highest BCUT2D eigenvalue weighted by Gasteiger charge is 2.33. The van der Waals surface area contributed by atoms with Crippen molar-refractivity contribution in [2.45, 2.75) is 37.3 Å². The second-order valence-electron chi connectivity index (χ2n) is 6.57. The summed E-state index contributed by atoms with van der Waals surface area (Å²) in [6.45, 7) is 3.07. The maximum atomic E-state index is 12.8. The third-order valence-corrected chi connectivity index (χ3v) is 6.93. The standard InChI is InChI=1S/C16H21N7O2S/c1-3-12-8-15-17-10-19-23(15)9-14(12)13-4-6-22(7-5-13)26(24,25)16-20-18-11-21(16)2/h8-11,13H,3-7H2,1-2H3. The number of rotatable bonds is 4. The average Bonchev–Trinajstić information content (AvgIpc) is 3.29. The van der Waals surface area contributed by atoms with Crippen molar-refractivity contribution < 1.29 is 8.42 Å². The van der Waals surface area contributed by atoms with E-state index in [0.29, 0.717) is 19.0 Å². The fourth-order valence-corrected chi connectivity index (χ4v) is 5.10. The van der Waals surface area contributed by atoms with Crippen LogP contribution < -0.4 is 0 Å². The van der Waals surface area contributed by atoms with Gasteiger partial charge in [-0.05, 0) is 42.4 Å². The van der Waals surface area contributed by atoms with Gasteiger partial charge in [-0.15, -0.1) is 10.2 Å². The van der Waals surface area contributed by atoms with Crippen LogP contribution in [0.1, 0.15) is 36.8 Å². The first-order valence-corrected chi connectivity index (χ1v) is 10.1. The van der Waals surface area contributed by atoms with Crippen molar-refractivity contribution in [3.8, 4) is 0 Å². The number of nitrogens with zero attached hydrogens (tertiary/aromatic N) is 7. The SMILES string of the molecule is CCc1cc2ncnn2cc1C1CCN(S(=O)(=O)c2nncn2C)CC1.